The van der Waals surface area contributed by atoms with Crippen molar-refractivity contribution in [1.82, 2.24) is 20.2 Å². The maximum atomic E-state index is 11.8. The van der Waals surface area contributed by atoms with Crippen LogP contribution in [0.1, 0.15) is 12.0 Å². The Bertz CT molecular complexity index is 569. The van der Waals surface area contributed by atoms with E-state index < -0.39 is 0 Å². The van der Waals surface area contributed by atoms with Gasteiger partial charge >= 0.3 is 0 Å². The predicted octanol–water partition coefficient (Wildman–Crippen LogP) is 1.64. The van der Waals surface area contributed by atoms with E-state index >= 15 is 0 Å². The van der Waals surface area contributed by atoms with Crippen molar-refractivity contribution in [3.63, 3.8) is 0 Å². The van der Waals surface area contributed by atoms with Gasteiger partial charge in [-0.1, -0.05) is 30.0 Å². The van der Waals surface area contributed by atoms with Crippen LogP contribution in [0.2, 0.25) is 0 Å². The van der Waals surface area contributed by atoms with Crippen LogP contribution in [0.15, 0.2) is 29.4 Å². The first-order valence-electron chi connectivity index (χ1n) is 5.87. The summed E-state index contributed by atoms with van der Waals surface area (Å²) in [6.45, 7) is 1.97. The number of amides is 1. The molecule has 0 unspecified atom stereocenters. The minimum Gasteiger partial charge on any atom is -0.326 e. The third-order valence-corrected chi connectivity index (χ3v) is 3.57. The molecule has 1 heterocycles. The first-order chi connectivity index (χ1) is 9.16. The van der Waals surface area contributed by atoms with Crippen LogP contribution in [0.4, 0.5) is 5.69 Å². The summed E-state index contributed by atoms with van der Waals surface area (Å²) in [5.74, 6) is 0.642. The SMILES string of the molecule is Cc1ccccc1NC(=O)CCSc1nnnn1C. The van der Waals surface area contributed by atoms with Gasteiger partial charge in [-0.05, 0) is 29.0 Å². The fourth-order valence-corrected chi connectivity index (χ4v) is 2.29. The van der Waals surface area contributed by atoms with Crippen molar-refractivity contribution in [2.75, 3.05) is 11.1 Å². The molecule has 100 valence electrons. The van der Waals surface area contributed by atoms with Gasteiger partial charge < -0.3 is 5.32 Å². The highest BCUT2D eigenvalue weighted by Gasteiger charge is 2.07. The molecular formula is C12H15N5OS. The zero-order valence-electron chi connectivity index (χ0n) is 10.8. The van der Waals surface area contributed by atoms with Crippen LogP contribution >= 0.6 is 11.8 Å². The number of para-hydroxylation sites is 1. The van der Waals surface area contributed by atoms with Crippen LogP contribution in [-0.2, 0) is 11.8 Å². The molecular weight excluding hydrogens is 262 g/mol. The molecule has 0 fully saturated rings. The number of carbonyl (C=O) groups excluding carboxylic acids is 1. The largest absolute Gasteiger partial charge is 0.326 e. The van der Waals surface area contributed by atoms with E-state index in [0.29, 0.717) is 17.3 Å². The van der Waals surface area contributed by atoms with E-state index in [-0.39, 0.29) is 5.91 Å². The van der Waals surface area contributed by atoms with Crippen molar-refractivity contribution in [2.45, 2.75) is 18.5 Å². The van der Waals surface area contributed by atoms with Crippen LogP contribution in [0, 0.1) is 6.92 Å². The van der Waals surface area contributed by atoms with Crippen molar-refractivity contribution >= 4 is 23.4 Å². The van der Waals surface area contributed by atoms with Crippen LogP contribution in [-0.4, -0.2) is 31.9 Å². The fraction of sp³-hybridized carbons (Fsp3) is 0.333. The van der Waals surface area contributed by atoms with Gasteiger partial charge in [0.05, 0.1) is 0 Å². The molecule has 1 amide bonds. The maximum absolute atomic E-state index is 11.8. The monoisotopic (exact) mass is 277 g/mol. The lowest BCUT2D eigenvalue weighted by atomic mass is 10.2. The Labute approximate surface area is 115 Å². The molecule has 1 N–H and O–H groups in total. The lowest BCUT2D eigenvalue weighted by Gasteiger charge is -2.07. The second-order valence-corrected chi connectivity index (χ2v) is 5.11. The lowest BCUT2D eigenvalue weighted by molar-refractivity contribution is -0.115. The lowest BCUT2D eigenvalue weighted by Crippen LogP contribution is -2.13. The molecule has 0 aliphatic carbocycles. The molecule has 0 saturated heterocycles. The number of tetrazole rings is 1. The minimum absolute atomic E-state index is 0.00284. The summed E-state index contributed by atoms with van der Waals surface area (Å²) in [5.41, 5.74) is 1.92. The van der Waals surface area contributed by atoms with E-state index in [1.807, 2.05) is 31.2 Å². The second kappa shape index (κ2) is 6.33. The molecule has 7 heteroatoms. The van der Waals surface area contributed by atoms with Crippen LogP contribution in [0.3, 0.4) is 0 Å². The van der Waals surface area contributed by atoms with Crippen LogP contribution < -0.4 is 5.32 Å². The summed E-state index contributed by atoms with van der Waals surface area (Å²) in [4.78, 5) is 11.8. The molecule has 19 heavy (non-hydrogen) atoms. The molecule has 0 aliphatic heterocycles. The van der Waals surface area contributed by atoms with Gasteiger partial charge in [0.15, 0.2) is 0 Å². The van der Waals surface area contributed by atoms with Gasteiger partial charge in [-0.15, -0.1) is 5.10 Å². The van der Waals surface area contributed by atoms with Crippen molar-refractivity contribution in [3.05, 3.63) is 29.8 Å². The molecule has 6 nitrogen and oxygen atoms in total. The highest BCUT2D eigenvalue weighted by Crippen LogP contribution is 2.16. The second-order valence-electron chi connectivity index (χ2n) is 4.05. The number of hydrogen-bond donors (Lipinski definition) is 1. The van der Waals surface area contributed by atoms with Gasteiger partial charge in [0.2, 0.25) is 11.1 Å². The van der Waals surface area contributed by atoms with Crippen molar-refractivity contribution in [1.29, 1.82) is 0 Å². The fourth-order valence-electron chi connectivity index (χ4n) is 1.50. The Hall–Kier alpha value is -1.89. The van der Waals surface area contributed by atoms with Crippen LogP contribution in [0.5, 0.6) is 0 Å². The first kappa shape index (κ1) is 13.5. The molecule has 2 rings (SSSR count). The molecule has 0 bridgehead atoms. The standard InChI is InChI=1S/C12H15N5OS/c1-9-5-3-4-6-10(9)13-11(18)7-8-19-12-14-15-16-17(12)2/h3-6H,7-8H2,1-2H3,(H,13,18). The third-order valence-electron chi connectivity index (χ3n) is 2.56. The summed E-state index contributed by atoms with van der Waals surface area (Å²) < 4.78 is 1.59. The number of benzene rings is 1. The summed E-state index contributed by atoms with van der Waals surface area (Å²) >= 11 is 1.46. The Kier molecular flexibility index (Phi) is 4.51. The smallest absolute Gasteiger partial charge is 0.225 e. The predicted molar refractivity (Wildman–Crippen MR) is 73.9 cm³/mol. The molecule has 1 aromatic heterocycles. The van der Waals surface area contributed by atoms with Crippen molar-refractivity contribution < 1.29 is 4.79 Å². The number of nitrogens with one attached hydrogen (secondary N) is 1. The number of nitrogens with zero attached hydrogens (tertiary/aromatic N) is 4. The summed E-state index contributed by atoms with van der Waals surface area (Å²) in [6.07, 6.45) is 0.422. The average Bonchev–Trinajstić information content (AvgIpc) is 2.78. The molecule has 1 aromatic carbocycles. The number of aromatic nitrogens is 4. The summed E-state index contributed by atoms with van der Waals surface area (Å²) in [6, 6.07) is 7.72. The molecule has 0 aliphatic rings. The molecule has 0 atom stereocenters. The first-order valence-corrected chi connectivity index (χ1v) is 6.86. The van der Waals surface area contributed by atoms with Gasteiger partial charge in [-0.2, -0.15) is 0 Å². The topological polar surface area (TPSA) is 72.7 Å². The Morgan fingerprint density at radius 2 is 2.21 bits per heavy atom. The number of aryl methyl sites for hydroxylation is 2. The number of hydrogen-bond acceptors (Lipinski definition) is 5. The van der Waals surface area contributed by atoms with Gasteiger partial charge in [-0.25, -0.2) is 4.68 Å². The normalized spacial score (nSPS) is 10.4. The number of anilines is 1. The van der Waals surface area contributed by atoms with Crippen LogP contribution in [0.25, 0.3) is 0 Å². The summed E-state index contributed by atoms with van der Waals surface area (Å²) in [5, 5.41) is 14.7. The zero-order chi connectivity index (χ0) is 13.7. The molecule has 0 saturated carbocycles. The van der Waals surface area contributed by atoms with Gasteiger partial charge in [0.1, 0.15) is 0 Å². The molecule has 0 spiro atoms. The Morgan fingerprint density at radius 1 is 1.42 bits per heavy atom. The van der Waals surface area contributed by atoms with Gasteiger partial charge in [0.25, 0.3) is 0 Å². The number of carbonyl (C=O) groups is 1. The Balaban J connectivity index is 1.79. The van der Waals surface area contributed by atoms with E-state index in [2.05, 4.69) is 20.8 Å². The van der Waals surface area contributed by atoms with Gasteiger partial charge in [-0.3, -0.25) is 4.79 Å². The van der Waals surface area contributed by atoms with E-state index in [1.54, 1.807) is 11.7 Å². The van der Waals surface area contributed by atoms with E-state index in [0.717, 1.165) is 11.3 Å². The molecule has 0 radical (unpaired) electrons. The average molecular weight is 277 g/mol. The third kappa shape index (κ3) is 3.78. The highest BCUT2D eigenvalue weighted by molar-refractivity contribution is 7.99. The highest BCUT2D eigenvalue weighted by atomic mass is 32.2. The van der Waals surface area contributed by atoms with Crippen molar-refractivity contribution in [2.24, 2.45) is 7.05 Å². The Morgan fingerprint density at radius 3 is 2.89 bits per heavy atom. The number of thioether (sulfide) groups is 1. The summed E-state index contributed by atoms with van der Waals surface area (Å²) in [7, 11) is 1.77. The van der Waals surface area contributed by atoms with Crippen molar-refractivity contribution in [3.8, 4) is 0 Å². The maximum Gasteiger partial charge on any atom is 0.225 e. The minimum atomic E-state index is -0.00284. The van der Waals surface area contributed by atoms with E-state index in [9.17, 15) is 4.79 Å². The zero-order valence-corrected chi connectivity index (χ0v) is 11.6. The quantitative estimate of drug-likeness (QED) is 0.841. The van der Waals surface area contributed by atoms with E-state index in [4.69, 9.17) is 0 Å². The number of rotatable bonds is 5. The van der Waals surface area contributed by atoms with Gasteiger partial charge in [0, 0.05) is 24.9 Å². The van der Waals surface area contributed by atoms with E-state index in [1.165, 1.54) is 11.8 Å². The molecule has 2 aromatic rings.